The summed E-state index contributed by atoms with van der Waals surface area (Å²) in [6.45, 7) is 5.47. The summed E-state index contributed by atoms with van der Waals surface area (Å²) in [5, 5.41) is 5.93. The number of hydrogen-bond acceptors (Lipinski definition) is 5. The molecule has 0 fully saturated rings. The molecule has 6 nitrogen and oxygen atoms in total. The van der Waals surface area contributed by atoms with Gasteiger partial charge in [0.2, 0.25) is 5.95 Å². The lowest BCUT2D eigenvalue weighted by molar-refractivity contribution is 0.0943. The van der Waals surface area contributed by atoms with E-state index in [2.05, 4.69) is 46.6 Å². The number of ether oxygens (including phenoxy) is 1. The van der Waals surface area contributed by atoms with Gasteiger partial charge in [-0.1, -0.05) is 26.0 Å². The second kappa shape index (κ2) is 8.98. The number of methoxy groups -OCH3 is 1. The highest BCUT2D eigenvalue weighted by molar-refractivity contribution is 5.92. The standard InChI is InChI=1S/C18H24N4O2/c1-13(2)14-5-7-15(8-6-14)21-18-20-11-9-16(22-18)17(23)19-10-4-12-24-3/h5-9,11,13H,4,10,12H2,1-3H3,(H,19,23)(H,20,21,22). The van der Waals surface area contributed by atoms with Gasteiger partial charge in [-0.05, 0) is 36.1 Å². The molecule has 0 atom stereocenters. The lowest BCUT2D eigenvalue weighted by Gasteiger charge is -2.09. The maximum absolute atomic E-state index is 12.1. The van der Waals surface area contributed by atoms with E-state index in [9.17, 15) is 4.79 Å². The zero-order chi connectivity index (χ0) is 17.4. The van der Waals surface area contributed by atoms with E-state index in [0.29, 0.717) is 30.7 Å². The summed E-state index contributed by atoms with van der Waals surface area (Å²) in [7, 11) is 1.64. The molecule has 0 aliphatic carbocycles. The van der Waals surface area contributed by atoms with Gasteiger partial charge in [-0.3, -0.25) is 4.79 Å². The SMILES string of the molecule is COCCCNC(=O)c1ccnc(Nc2ccc(C(C)C)cc2)n1. The van der Waals surface area contributed by atoms with E-state index < -0.39 is 0 Å². The van der Waals surface area contributed by atoms with Crippen LogP contribution in [-0.2, 0) is 4.74 Å². The molecule has 0 saturated heterocycles. The topological polar surface area (TPSA) is 76.1 Å². The highest BCUT2D eigenvalue weighted by Crippen LogP contribution is 2.19. The van der Waals surface area contributed by atoms with Crippen LogP contribution in [0.2, 0.25) is 0 Å². The Balaban J connectivity index is 1.98. The minimum absolute atomic E-state index is 0.216. The number of aromatic nitrogens is 2. The van der Waals surface area contributed by atoms with Crippen LogP contribution in [0.1, 0.15) is 42.2 Å². The molecule has 1 amide bonds. The quantitative estimate of drug-likeness (QED) is 0.728. The molecular formula is C18H24N4O2. The fraction of sp³-hybridized carbons (Fsp3) is 0.389. The zero-order valence-electron chi connectivity index (χ0n) is 14.4. The van der Waals surface area contributed by atoms with Gasteiger partial charge in [-0.2, -0.15) is 0 Å². The van der Waals surface area contributed by atoms with E-state index in [0.717, 1.165) is 12.1 Å². The fourth-order valence-corrected chi connectivity index (χ4v) is 2.13. The second-order valence-corrected chi connectivity index (χ2v) is 5.77. The highest BCUT2D eigenvalue weighted by Gasteiger charge is 2.08. The Labute approximate surface area is 142 Å². The Kier molecular flexibility index (Phi) is 6.69. The number of benzene rings is 1. The predicted octanol–water partition coefficient (Wildman–Crippen LogP) is 3.11. The van der Waals surface area contributed by atoms with E-state index in [4.69, 9.17) is 4.74 Å². The average Bonchev–Trinajstić information content (AvgIpc) is 2.59. The monoisotopic (exact) mass is 328 g/mol. The van der Waals surface area contributed by atoms with E-state index in [-0.39, 0.29) is 5.91 Å². The van der Waals surface area contributed by atoms with Crippen LogP contribution in [0, 0.1) is 0 Å². The second-order valence-electron chi connectivity index (χ2n) is 5.77. The van der Waals surface area contributed by atoms with E-state index in [1.54, 1.807) is 19.4 Å². The predicted molar refractivity (Wildman–Crippen MR) is 94.7 cm³/mol. The van der Waals surface area contributed by atoms with Crippen molar-refractivity contribution in [2.45, 2.75) is 26.2 Å². The largest absolute Gasteiger partial charge is 0.385 e. The Morgan fingerprint density at radius 3 is 2.62 bits per heavy atom. The van der Waals surface area contributed by atoms with Crippen molar-refractivity contribution in [3.8, 4) is 0 Å². The van der Waals surface area contributed by atoms with Crippen molar-refractivity contribution in [3.63, 3.8) is 0 Å². The Hall–Kier alpha value is -2.47. The highest BCUT2D eigenvalue weighted by atomic mass is 16.5. The molecule has 0 aliphatic rings. The van der Waals surface area contributed by atoms with Crippen molar-refractivity contribution in [3.05, 3.63) is 47.8 Å². The third kappa shape index (κ3) is 5.31. The van der Waals surface area contributed by atoms with Crippen molar-refractivity contribution < 1.29 is 9.53 Å². The van der Waals surface area contributed by atoms with Crippen molar-refractivity contribution in [2.24, 2.45) is 0 Å². The maximum Gasteiger partial charge on any atom is 0.270 e. The lowest BCUT2D eigenvalue weighted by Crippen LogP contribution is -2.26. The molecule has 0 spiro atoms. The van der Waals surface area contributed by atoms with E-state index >= 15 is 0 Å². The van der Waals surface area contributed by atoms with Crippen LogP contribution < -0.4 is 10.6 Å². The Morgan fingerprint density at radius 2 is 1.96 bits per heavy atom. The molecule has 1 aromatic carbocycles. The minimum atomic E-state index is -0.216. The fourth-order valence-electron chi connectivity index (χ4n) is 2.13. The molecule has 2 N–H and O–H groups in total. The molecule has 0 aliphatic heterocycles. The summed E-state index contributed by atoms with van der Waals surface area (Å²) in [5.74, 6) is 0.670. The van der Waals surface area contributed by atoms with Gasteiger partial charge in [0.05, 0.1) is 0 Å². The number of carbonyl (C=O) groups excluding carboxylic acids is 1. The van der Waals surface area contributed by atoms with E-state index in [1.807, 2.05) is 12.1 Å². The van der Waals surface area contributed by atoms with Crippen LogP contribution in [0.15, 0.2) is 36.5 Å². The molecule has 0 bridgehead atoms. The van der Waals surface area contributed by atoms with Gasteiger partial charge in [0, 0.05) is 32.1 Å². The van der Waals surface area contributed by atoms with Crippen LogP contribution in [0.4, 0.5) is 11.6 Å². The minimum Gasteiger partial charge on any atom is -0.385 e. The molecule has 2 rings (SSSR count). The molecule has 128 valence electrons. The van der Waals surface area contributed by atoms with Crippen LogP contribution in [0.3, 0.4) is 0 Å². The van der Waals surface area contributed by atoms with Crippen molar-refractivity contribution in [2.75, 3.05) is 25.6 Å². The number of anilines is 2. The average molecular weight is 328 g/mol. The van der Waals surface area contributed by atoms with Gasteiger partial charge >= 0.3 is 0 Å². The molecule has 1 aromatic heterocycles. The number of carbonyl (C=O) groups is 1. The maximum atomic E-state index is 12.1. The van der Waals surface area contributed by atoms with Crippen LogP contribution >= 0.6 is 0 Å². The molecule has 2 aromatic rings. The molecule has 0 saturated carbocycles. The summed E-state index contributed by atoms with van der Waals surface area (Å²) in [5.41, 5.74) is 2.49. The van der Waals surface area contributed by atoms with Gasteiger partial charge in [0.15, 0.2) is 0 Å². The number of nitrogens with one attached hydrogen (secondary N) is 2. The molecule has 0 radical (unpaired) electrons. The number of hydrogen-bond donors (Lipinski definition) is 2. The van der Waals surface area contributed by atoms with Gasteiger partial charge in [0.25, 0.3) is 5.91 Å². The summed E-state index contributed by atoms with van der Waals surface area (Å²) in [4.78, 5) is 20.5. The van der Waals surface area contributed by atoms with Crippen molar-refractivity contribution in [1.29, 1.82) is 0 Å². The summed E-state index contributed by atoms with van der Waals surface area (Å²) >= 11 is 0. The zero-order valence-corrected chi connectivity index (χ0v) is 14.4. The Morgan fingerprint density at radius 1 is 1.21 bits per heavy atom. The normalized spacial score (nSPS) is 10.7. The van der Waals surface area contributed by atoms with Gasteiger partial charge < -0.3 is 15.4 Å². The lowest BCUT2D eigenvalue weighted by atomic mass is 10.0. The molecule has 1 heterocycles. The van der Waals surface area contributed by atoms with Gasteiger partial charge in [0.1, 0.15) is 5.69 Å². The number of rotatable bonds is 8. The van der Waals surface area contributed by atoms with Crippen LogP contribution in [-0.4, -0.2) is 36.1 Å². The first kappa shape index (κ1) is 17.9. The first-order valence-electron chi connectivity index (χ1n) is 8.07. The third-order valence-corrected chi connectivity index (χ3v) is 3.53. The number of nitrogens with zero attached hydrogens (tertiary/aromatic N) is 2. The summed E-state index contributed by atoms with van der Waals surface area (Å²) in [6.07, 6.45) is 2.34. The third-order valence-electron chi connectivity index (χ3n) is 3.53. The van der Waals surface area contributed by atoms with Crippen LogP contribution in [0.5, 0.6) is 0 Å². The van der Waals surface area contributed by atoms with Crippen molar-refractivity contribution in [1.82, 2.24) is 15.3 Å². The van der Waals surface area contributed by atoms with E-state index in [1.165, 1.54) is 5.56 Å². The summed E-state index contributed by atoms with van der Waals surface area (Å²) < 4.78 is 4.95. The van der Waals surface area contributed by atoms with Crippen molar-refractivity contribution >= 4 is 17.5 Å². The van der Waals surface area contributed by atoms with Gasteiger partial charge in [-0.25, -0.2) is 9.97 Å². The summed E-state index contributed by atoms with van der Waals surface area (Å²) in [6, 6.07) is 9.70. The van der Waals surface area contributed by atoms with Gasteiger partial charge in [-0.15, -0.1) is 0 Å². The molecule has 24 heavy (non-hydrogen) atoms. The smallest absolute Gasteiger partial charge is 0.270 e. The first-order chi connectivity index (χ1) is 11.6. The number of amides is 1. The molecule has 0 unspecified atom stereocenters. The molecular weight excluding hydrogens is 304 g/mol. The Bertz CT molecular complexity index is 656. The van der Waals surface area contributed by atoms with Crippen LogP contribution in [0.25, 0.3) is 0 Å². The first-order valence-corrected chi connectivity index (χ1v) is 8.07. The molecule has 6 heteroatoms.